The van der Waals surface area contributed by atoms with E-state index in [-0.39, 0.29) is 6.10 Å². The van der Waals surface area contributed by atoms with E-state index in [1.54, 1.807) is 47.0 Å². The van der Waals surface area contributed by atoms with Gasteiger partial charge in [0.1, 0.15) is 35.5 Å². The van der Waals surface area contributed by atoms with Crippen LogP contribution in [-0.2, 0) is 17.9 Å². The zero-order valence-corrected chi connectivity index (χ0v) is 28.7. The molecule has 1 aliphatic carbocycles. The molecule has 2 aliphatic heterocycles. The summed E-state index contributed by atoms with van der Waals surface area (Å²) in [7, 11) is 0. The summed E-state index contributed by atoms with van der Waals surface area (Å²) < 4.78 is 21.8. The molecule has 3 aliphatic rings. The monoisotopic (exact) mass is 703 g/mol. The highest BCUT2D eigenvalue weighted by Crippen LogP contribution is 2.40. The summed E-state index contributed by atoms with van der Waals surface area (Å²) in [6, 6.07) is 7.71. The lowest BCUT2D eigenvalue weighted by atomic mass is 9.89. The molecule has 3 fully saturated rings. The summed E-state index contributed by atoms with van der Waals surface area (Å²) in [5, 5.41) is 22.9. The maximum Gasteiger partial charge on any atom is 0.257 e. The predicted molar refractivity (Wildman–Crippen MR) is 183 cm³/mol. The highest BCUT2D eigenvalue weighted by Gasteiger charge is 2.42. The molecular formula is C33H38ClN11O3S. The summed E-state index contributed by atoms with van der Waals surface area (Å²) in [4.78, 5) is 16.4. The van der Waals surface area contributed by atoms with Crippen LogP contribution in [0.25, 0.3) is 11.1 Å². The molecule has 0 unspecified atom stereocenters. The molecule has 49 heavy (non-hydrogen) atoms. The van der Waals surface area contributed by atoms with Crippen molar-refractivity contribution in [2.75, 3.05) is 18.5 Å². The van der Waals surface area contributed by atoms with Crippen LogP contribution in [0.4, 0.5) is 11.6 Å². The fourth-order valence-electron chi connectivity index (χ4n) is 7.30. The number of thiazole rings is 1. The molecule has 3 atom stereocenters. The summed E-state index contributed by atoms with van der Waals surface area (Å²) in [5.41, 5.74) is 2.42. The average molecular weight is 704 g/mol. The Bertz CT molecular complexity index is 1800. The molecule has 6 heterocycles. The topological polar surface area (TPSA) is 143 Å². The minimum atomic E-state index is -0.207. The minimum Gasteiger partial charge on any atom is -0.487 e. The molecule has 2 bridgehead atoms. The Labute approximate surface area is 292 Å². The van der Waals surface area contributed by atoms with Gasteiger partial charge in [-0.3, -0.25) is 9.58 Å². The number of hydrogen-bond donors (Lipinski definition) is 1. The van der Waals surface area contributed by atoms with E-state index in [1.807, 2.05) is 30.6 Å². The van der Waals surface area contributed by atoms with Crippen molar-refractivity contribution >= 4 is 34.6 Å². The van der Waals surface area contributed by atoms with Crippen LogP contribution >= 0.6 is 22.9 Å². The molecule has 1 aromatic carbocycles. The number of ether oxygens (including phenoxy) is 3. The fraction of sp³-hybridized carbons (Fsp3) is 0.485. The maximum absolute atomic E-state index is 6.47. The highest BCUT2D eigenvalue weighted by molar-refractivity contribution is 7.09. The predicted octanol–water partition coefficient (Wildman–Crippen LogP) is 5.57. The van der Waals surface area contributed by atoms with Crippen LogP contribution in [0, 0.1) is 0 Å². The smallest absolute Gasteiger partial charge is 0.257 e. The second kappa shape index (κ2) is 14.4. The zero-order chi connectivity index (χ0) is 33.2. The van der Waals surface area contributed by atoms with Crippen LogP contribution in [-0.4, -0.2) is 87.3 Å². The number of anilines is 2. The zero-order valence-electron chi connectivity index (χ0n) is 27.1. The first-order chi connectivity index (χ1) is 24.1. The number of nitrogens with one attached hydrogen (secondary N) is 1. The Morgan fingerprint density at radius 3 is 2.51 bits per heavy atom. The Kier molecular flexibility index (Phi) is 9.39. The van der Waals surface area contributed by atoms with Crippen molar-refractivity contribution in [2.24, 2.45) is 0 Å². The third kappa shape index (κ3) is 7.25. The second-order valence-electron chi connectivity index (χ2n) is 12.9. The van der Waals surface area contributed by atoms with Gasteiger partial charge in [0.25, 0.3) is 5.88 Å². The van der Waals surface area contributed by atoms with E-state index in [1.165, 1.54) is 12.8 Å². The van der Waals surface area contributed by atoms with Crippen molar-refractivity contribution < 1.29 is 14.2 Å². The molecule has 1 N–H and O–H groups in total. The molecule has 14 nitrogen and oxygen atoms in total. The van der Waals surface area contributed by atoms with Gasteiger partial charge in [-0.2, -0.15) is 0 Å². The Morgan fingerprint density at radius 1 is 1.00 bits per heavy atom. The minimum absolute atomic E-state index is 0.207. The quantitative estimate of drug-likeness (QED) is 0.173. The number of halogens is 1. The summed E-state index contributed by atoms with van der Waals surface area (Å²) in [5.74, 6) is 1.50. The second-order valence-corrected chi connectivity index (χ2v) is 14.3. The lowest BCUT2D eigenvalue weighted by molar-refractivity contribution is -0.0458. The van der Waals surface area contributed by atoms with Crippen LogP contribution in [0.2, 0.25) is 5.02 Å². The molecule has 5 aromatic rings. The SMILES string of the molecule is C[C@@H](Cn1cnnn1)Oc1cc(-c2cnc(Nc3cn(C4CCC(N5[C@@H]6CC[C@H]5COC6)CC4)nc3OCc3nccs3)nc2)ccc1Cl. The molecule has 4 aromatic heterocycles. The lowest BCUT2D eigenvalue weighted by Crippen LogP contribution is -2.52. The number of aromatic nitrogens is 9. The Hall–Kier alpha value is -4.18. The Morgan fingerprint density at radius 2 is 1.78 bits per heavy atom. The van der Waals surface area contributed by atoms with Crippen molar-refractivity contribution in [2.45, 2.75) is 88.9 Å². The molecule has 8 rings (SSSR count). The van der Waals surface area contributed by atoms with Gasteiger partial charge in [0.05, 0.1) is 37.0 Å². The summed E-state index contributed by atoms with van der Waals surface area (Å²) in [6.07, 6.45) is 15.7. The molecular weight excluding hydrogens is 666 g/mol. The molecule has 2 saturated heterocycles. The molecule has 16 heteroatoms. The number of tetrazole rings is 1. The number of morpholine rings is 1. The van der Waals surface area contributed by atoms with Crippen LogP contribution in [0.3, 0.4) is 0 Å². The largest absolute Gasteiger partial charge is 0.487 e. The van der Waals surface area contributed by atoms with Crippen LogP contribution in [0.1, 0.15) is 56.5 Å². The van der Waals surface area contributed by atoms with Crippen molar-refractivity contribution in [1.29, 1.82) is 0 Å². The van der Waals surface area contributed by atoms with Crippen molar-refractivity contribution in [3.63, 3.8) is 0 Å². The van der Waals surface area contributed by atoms with Crippen LogP contribution in [0.15, 0.2) is 54.7 Å². The molecule has 0 spiro atoms. The molecule has 0 amide bonds. The first-order valence-electron chi connectivity index (χ1n) is 16.8. The lowest BCUT2D eigenvalue weighted by Gasteiger charge is -2.43. The van der Waals surface area contributed by atoms with E-state index in [0.717, 1.165) is 60.7 Å². The highest BCUT2D eigenvalue weighted by atomic mass is 35.5. The Balaban J connectivity index is 0.952. The molecule has 0 radical (unpaired) electrons. The van der Waals surface area contributed by atoms with Gasteiger partial charge in [-0.25, -0.2) is 19.6 Å². The van der Waals surface area contributed by atoms with E-state index < -0.39 is 0 Å². The van der Waals surface area contributed by atoms with Gasteiger partial charge in [-0.05, 0) is 73.6 Å². The standard InChI is InChI=1S/C33H38ClN11O3S/c1-21(15-43-20-38-41-42-43)48-30-12-22(2-9-28(30)34)23-13-36-33(37-14-23)39-29-16-44(40-32(29)47-19-31-35-10-11-49-31)24-3-5-25(6-4-24)45-26-7-8-27(45)18-46-17-26/h2,9-14,16,20-21,24-27H,3-8,15,17-19H2,1H3,(H,36,37,39)/t21-,24?,25?,26-,27+/m0/s1. The third-order valence-electron chi connectivity index (χ3n) is 9.60. The van der Waals surface area contributed by atoms with E-state index in [4.69, 9.17) is 30.9 Å². The first-order valence-corrected chi connectivity index (χ1v) is 18.0. The van der Waals surface area contributed by atoms with Gasteiger partial charge in [0, 0.05) is 47.7 Å². The normalized spacial score (nSPS) is 23.0. The van der Waals surface area contributed by atoms with Gasteiger partial charge in [-0.1, -0.05) is 17.7 Å². The average Bonchev–Trinajstić information content (AvgIpc) is 3.94. The van der Waals surface area contributed by atoms with E-state index in [0.29, 0.717) is 59.9 Å². The number of rotatable bonds is 12. The van der Waals surface area contributed by atoms with Crippen molar-refractivity contribution in [1.82, 2.24) is 49.8 Å². The van der Waals surface area contributed by atoms with E-state index in [9.17, 15) is 0 Å². The number of hydrogen-bond acceptors (Lipinski definition) is 13. The van der Waals surface area contributed by atoms with Crippen molar-refractivity contribution in [3.05, 3.63) is 64.7 Å². The number of fused-ring (bicyclic) bond motifs is 2. The first kappa shape index (κ1) is 32.0. The van der Waals surface area contributed by atoms with Crippen molar-refractivity contribution in [3.8, 4) is 22.8 Å². The molecule has 256 valence electrons. The van der Waals surface area contributed by atoms with Gasteiger partial charge in [-0.15, -0.1) is 21.5 Å². The third-order valence-corrected chi connectivity index (χ3v) is 10.7. The summed E-state index contributed by atoms with van der Waals surface area (Å²) >= 11 is 8.03. The number of nitrogens with zero attached hydrogens (tertiary/aromatic N) is 10. The molecule has 1 saturated carbocycles. The van der Waals surface area contributed by atoms with Gasteiger partial charge >= 0.3 is 0 Å². The van der Waals surface area contributed by atoms with Crippen LogP contribution < -0.4 is 14.8 Å². The van der Waals surface area contributed by atoms with Gasteiger partial charge in [0.15, 0.2) is 0 Å². The number of benzene rings is 1. The van der Waals surface area contributed by atoms with Gasteiger partial charge < -0.3 is 19.5 Å². The summed E-state index contributed by atoms with van der Waals surface area (Å²) in [6.45, 7) is 4.52. The van der Waals surface area contributed by atoms with E-state index >= 15 is 0 Å². The van der Waals surface area contributed by atoms with E-state index in [2.05, 4.69) is 45.4 Å². The fourth-order valence-corrected chi connectivity index (χ4v) is 7.99. The van der Waals surface area contributed by atoms with Gasteiger partial charge in [0.2, 0.25) is 5.95 Å². The van der Waals surface area contributed by atoms with Crippen LogP contribution in [0.5, 0.6) is 11.6 Å². The maximum atomic E-state index is 6.47.